The van der Waals surface area contributed by atoms with Crippen molar-refractivity contribution >= 4 is 0 Å². The van der Waals surface area contributed by atoms with E-state index in [1.54, 1.807) is 6.07 Å². The Kier molecular flexibility index (Phi) is 2.55. The van der Waals surface area contributed by atoms with Crippen molar-refractivity contribution in [2.45, 2.75) is 26.2 Å². The Hall–Kier alpha value is -0.890. The molecule has 1 fully saturated rings. The molecule has 2 heteroatoms. The number of aryl methyl sites for hydroxylation is 2. The maximum Gasteiger partial charge on any atom is 0.126 e. The van der Waals surface area contributed by atoms with Crippen molar-refractivity contribution < 1.29 is 4.39 Å². The van der Waals surface area contributed by atoms with Crippen molar-refractivity contribution in [2.75, 3.05) is 13.1 Å². The third-order valence-corrected chi connectivity index (χ3v) is 3.05. The normalized spacial score (nSPS) is 21.5. The molecule has 1 aromatic rings. The summed E-state index contributed by atoms with van der Waals surface area (Å²) in [6.07, 6.45) is 1.17. The average molecular weight is 193 g/mol. The van der Waals surface area contributed by atoms with Crippen LogP contribution in [-0.2, 0) is 0 Å². The monoisotopic (exact) mass is 193 g/mol. The molecule has 0 radical (unpaired) electrons. The highest BCUT2D eigenvalue weighted by molar-refractivity contribution is 5.35. The standard InChI is InChI=1S/C12H16FN/c1-8-6-12(13)9(2)5-11(8)10-3-4-14-7-10/h5-6,10,14H,3-4,7H2,1-2H3. The van der Waals surface area contributed by atoms with Crippen LogP contribution in [-0.4, -0.2) is 13.1 Å². The minimum absolute atomic E-state index is 0.0859. The van der Waals surface area contributed by atoms with Gasteiger partial charge in [-0.3, -0.25) is 0 Å². The molecule has 0 saturated carbocycles. The Morgan fingerprint density at radius 3 is 2.71 bits per heavy atom. The fourth-order valence-corrected chi connectivity index (χ4v) is 2.16. The average Bonchev–Trinajstić information content (AvgIpc) is 2.64. The molecule has 0 aliphatic carbocycles. The first-order valence-electron chi connectivity index (χ1n) is 5.16. The Bertz CT molecular complexity index is 340. The summed E-state index contributed by atoms with van der Waals surface area (Å²) >= 11 is 0. The molecule has 1 nitrogen and oxygen atoms in total. The van der Waals surface area contributed by atoms with Crippen molar-refractivity contribution in [3.05, 3.63) is 34.6 Å². The van der Waals surface area contributed by atoms with Gasteiger partial charge in [-0.2, -0.15) is 0 Å². The number of benzene rings is 1. The summed E-state index contributed by atoms with van der Waals surface area (Å²) in [4.78, 5) is 0. The number of rotatable bonds is 1. The van der Waals surface area contributed by atoms with Crippen LogP contribution in [0.25, 0.3) is 0 Å². The molecule has 0 bridgehead atoms. The second-order valence-electron chi connectivity index (χ2n) is 4.15. The van der Waals surface area contributed by atoms with Gasteiger partial charge in [-0.05, 0) is 55.5 Å². The van der Waals surface area contributed by atoms with Crippen molar-refractivity contribution in [3.8, 4) is 0 Å². The molecule has 1 heterocycles. The lowest BCUT2D eigenvalue weighted by Crippen LogP contribution is -2.09. The quantitative estimate of drug-likeness (QED) is 0.722. The summed E-state index contributed by atoms with van der Waals surface area (Å²) < 4.78 is 13.2. The maximum absolute atomic E-state index is 13.2. The molecule has 1 unspecified atom stereocenters. The Balaban J connectivity index is 2.37. The van der Waals surface area contributed by atoms with Gasteiger partial charge >= 0.3 is 0 Å². The van der Waals surface area contributed by atoms with Gasteiger partial charge in [0.2, 0.25) is 0 Å². The van der Waals surface area contributed by atoms with Crippen molar-refractivity contribution in [3.63, 3.8) is 0 Å². The topological polar surface area (TPSA) is 12.0 Å². The van der Waals surface area contributed by atoms with Crippen LogP contribution in [0.4, 0.5) is 4.39 Å². The lowest BCUT2D eigenvalue weighted by molar-refractivity contribution is 0.614. The molecule has 1 atom stereocenters. The van der Waals surface area contributed by atoms with Gasteiger partial charge in [0.05, 0.1) is 0 Å². The van der Waals surface area contributed by atoms with Crippen molar-refractivity contribution in [1.29, 1.82) is 0 Å². The van der Waals surface area contributed by atoms with Crippen LogP contribution in [0.2, 0.25) is 0 Å². The molecule has 0 spiro atoms. The molecule has 0 aromatic heterocycles. The van der Waals surface area contributed by atoms with E-state index in [1.165, 1.54) is 12.0 Å². The number of hydrogen-bond acceptors (Lipinski definition) is 1. The maximum atomic E-state index is 13.2. The molecule has 14 heavy (non-hydrogen) atoms. The zero-order chi connectivity index (χ0) is 10.1. The third kappa shape index (κ3) is 1.67. The number of halogens is 1. The van der Waals surface area contributed by atoms with Gasteiger partial charge in [-0.15, -0.1) is 0 Å². The molecule has 76 valence electrons. The van der Waals surface area contributed by atoms with E-state index in [0.717, 1.165) is 24.2 Å². The largest absolute Gasteiger partial charge is 0.316 e. The highest BCUT2D eigenvalue weighted by atomic mass is 19.1. The summed E-state index contributed by atoms with van der Waals surface area (Å²) in [5.74, 6) is 0.492. The van der Waals surface area contributed by atoms with Gasteiger partial charge in [0.15, 0.2) is 0 Å². The molecular formula is C12H16FN. The van der Waals surface area contributed by atoms with Crippen LogP contribution >= 0.6 is 0 Å². The highest BCUT2D eigenvalue weighted by Crippen LogP contribution is 2.27. The van der Waals surface area contributed by atoms with E-state index in [4.69, 9.17) is 0 Å². The molecule has 1 aliphatic rings. The van der Waals surface area contributed by atoms with Gasteiger partial charge in [-0.1, -0.05) is 6.07 Å². The summed E-state index contributed by atoms with van der Waals surface area (Å²) in [5.41, 5.74) is 3.16. The Labute approximate surface area is 84.3 Å². The summed E-state index contributed by atoms with van der Waals surface area (Å²) in [7, 11) is 0. The van der Waals surface area contributed by atoms with Crippen LogP contribution in [0.3, 0.4) is 0 Å². The summed E-state index contributed by atoms with van der Waals surface area (Å²) in [6, 6.07) is 3.66. The van der Waals surface area contributed by atoms with Crippen LogP contribution in [0.15, 0.2) is 12.1 Å². The van der Waals surface area contributed by atoms with E-state index in [9.17, 15) is 4.39 Å². The van der Waals surface area contributed by atoms with Gasteiger partial charge in [0, 0.05) is 6.54 Å². The predicted octanol–water partition coefficient (Wildman–Crippen LogP) is 2.52. The fourth-order valence-electron chi connectivity index (χ4n) is 2.16. The smallest absolute Gasteiger partial charge is 0.126 e. The van der Waals surface area contributed by atoms with E-state index in [1.807, 2.05) is 19.9 Å². The lowest BCUT2D eigenvalue weighted by atomic mass is 9.92. The van der Waals surface area contributed by atoms with Crippen molar-refractivity contribution in [1.82, 2.24) is 5.32 Å². The second-order valence-corrected chi connectivity index (χ2v) is 4.15. The zero-order valence-corrected chi connectivity index (χ0v) is 8.73. The van der Waals surface area contributed by atoms with E-state index in [-0.39, 0.29) is 5.82 Å². The highest BCUT2D eigenvalue weighted by Gasteiger charge is 2.19. The molecule has 1 aromatic carbocycles. The second kappa shape index (κ2) is 3.70. The third-order valence-electron chi connectivity index (χ3n) is 3.05. The number of nitrogens with one attached hydrogen (secondary N) is 1. The molecule has 2 rings (SSSR count). The van der Waals surface area contributed by atoms with Gasteiger partial charge in [-0.25, -0.2) is 4.39 Å². The summed E-state index contributed by atoms with van der Waals surface area (Å²) in [5, 5.41) is 3.34. The van der Waals surface area contributed by atoms with Crippen LogP contribution in [0.1, 0.15) is 29.0 Å². The minimum atomic E-state index is -0.0859. The van der Waals surface area contributed by atoms with Gasteiger partial charge in [0.25, 0.3) is 0 Å². The molecular weight excluding hydrogens is 177 g/mol. The first kappa shape index (κ1) is 9.66. The zero-order valence-electron chi connectivity index (χ0n) is 8.73. The fraction of sp³-hybridized carbons (Fsp3) is 0.500. The Morgan fingerprint density at radius 1 is 1.29 bits per heavy atom. The van der Waals surface area contributed by atoms with Gasteiger partial charge < -0.3 is 5.32 Å². The predicted molar refractivity (Wildman–Crippen MR) is 56.1 cm³/mol. The first-order chi connectivity index (χ1) is 6.68. The molecule has 1 aliphatic heterocycles. The van der Waals surface area contributed by atoms with E-state index in [2.05, 4.69) is 5.32 Å². The van der Waals surface area contributed by atoms with E-state index >= 15 is 0 Å². The lowest BCUT2D eigenvalue weighted by Gasteiger charge is -2.13. The minimum Gasteiger partial charge on any atom is -0.316 e. The van der Waals surface area contributed by atoms with E-state index in [0.29, 0.717) is 5.92 Å². The molecule has 1 N–H and O–H groups in total. The van der Waals surface area contributed by atoms with Crippen LogP contribution in [0.5, 0.6) is 0 Å². The summed E-state index contributed by atoms with van der Waals surface area (Å²) in [6.45, 7) is 5.95. The van der Waals surface area contributed by atoms with Crippen LogP contribution in [0, 0.1) is 19.7 Å². The molecule has 0 amide bonds. The Morgan fingerprint density at radius 2 is 2.07 bits per heavy atom. The number of hydrogen-bond donors (Lipinski definition) is 1. The van der Waals surface area contributed by atoms with Crippen LogP contribution < -0.4 is 5.32 Å². The van der Waals surface area contributed by atoms with Gasteiger partial charge in [0.1, 0.15) is 5.82 Å². The molecule has 1 saturated heterocycles. The van der Waals surface area contributed by atoms with E-state index < -0.39 is 0 Å². The van der Waals surface area contributed by atoms with Crippen molar-refractivity contribution in [2.24, 2.45) is 0 Å². The first-order valence-corrected chi connectivity index (χ1v) is 5.16. The SMILES string of the molecule is Cc1cc(C2CCNC2)c(C)cc1F.